The summed E-state index contributed by atoms with van der Waals surface area (Å²) < 4.78 is 73.9. The van der Waals surface area contributed by atoms with E-state index in [-0.39, 0.29) is 12.2 Å². The fourth-order valence-corrected chi connectivity index (χ4v) is 5.27. The molecule has 2 bridgehead atoms. The van der Waals surface area contributed by atoms with Crippen LogP contribution in [-0.4, -0.2) is 39.5 Å². The molecule has 4 fully saturated rings. The second-order valence-electron chi connectivity index (χ2n) is 8.75. The lowest BCUT2D eigenvalue weighted by Crippen LogP contribution is -2.71. The Morgan fingerprint density at radius 2 is 1.78 bits per heavy atom. The zero-order chi connectivity index (χ0) is 20.0. The molecule has 4 saturated carbocycles. The standard InChI is InChI=1S/C17H19F5N2O3/c1-13(3-16(18,19)4-13)8-24-10(12(25)26)9(17(20,21)22)11(23-24)14-5-15(6-14,7-14)27-2/h3-8H2,1-2H3,(H,25,26). The van der Waals surface area contributed by atoms with Crippen LogP contribution in [0.2, 0.25) is 0 Å². The molecule has 0 atom stereocenters. The summed E-state index contributed by atoms with van der Waals surface area (Å²) in [6.45, 7) is 1.21. The minimum atomic E-state index is -4.90. The highest BCUT2D eigenvalue weighted by atomic mass is 19.4. The van der Waals surface area contributed by atoms with Crippen LogP contribution in [0.4, 0.5) is 22.0 Å². The van der Waals surface area contributed by atoms with Gasteiger partial charge in [0.15, 0.2) is 5.69 Å². The Balaban J connectivity index is 1.75. The van der Waals surface area contributed by atoms with Crippen LogP contribution in [-0.2, 0) is 22.9 Å². The predicted molar refractivity (Wildman–Crippen MR) is 81.7 cm³/mol. The topological polar surface area (TPSA) is 64.4 Å². The van der Waals surface area contributed by atoms with Gasteiger partial charge in [-0.3, -0.25) is 4.68 Å². The van der Waals surface area contributed by atoms with Gasteiger partial charge in [0.1, 0.15) is 5.56 Å². The molecule has 1 heterocycles. The second kappa shape index (κ2) is 5.01. The van der Waals surface area contributed by atoms with E-state index in [1.165, 1.54) is 14.0 Å². The van der Waals surface area contributed by atoms with Gasteiger partial charge in [-0.15, -0.1) is 0 Å². The quantitative estimate of drug-likeness (QED) is 0.771. The maximum Gasteiger partial charge on any atom is 0.420 e. The molecule has 4 aliphatic rings. The first-order chi connectivity index (χ1) is 12.2. The van der Waals surface area contributed by atoms with Gasteiger partial charge in [-0.1, -0.05) is 6.92 Å². The summed E-state index contributed by atoms with van der Waals surface area (Å²) in [6.07, 6.45) is -4.86. The van der Waals surface area contributed by atoms with Crippen molar-refractivity contribution in [1.82, 2.24) is 9.78 Å². The van der Waals surface area contributed by atoms with E-state index >= 15 is 0 Å². The molecule has 1 aromatic rings. The molecule has 0 aliphatic heterocycles. The van der Waals surface area contributed by atoms with Crippen LogP contribution in [0, 0.1) is 5.41 Å². The number of hydrogen-bond donors (Lipinski definition) is 1. The Hall–Kier alpha value is -1.71. The van der Waals surface area contributed by atoms with Crippen molar-refractivity contribution >= 4 is 5.97 Å². The summed E-state index contributed by atoms with van der Waals surface area (Å²) in [4.78, 5) is 11.7. The van der Waals surface area contributed by atoms with E-state index in [0.717, 1.165) is 4.68 Å². The Morgan fingerprint density at radius 3 is 2.19 bits per heavy atom. The van der Waals surface area contributed by atoms with Gasteiger partial charge in [-0.05, 0) is 24.7 Å². The smallest absolute Gasteiger partial charge is 0.420 e. The van der Waals surface area contributed by atoms with Crippen molar-refractivity contribution in [2.45, 2.75) is 68.7 Å². The van der Waals surface area contributed by atoms with Crippen LogP contribution in [0.1, 0.15) is 60.8 Å². The van der Waals surface area contributed by atoms with Gasteiger partial charge >= 0.3 is 12.1 Å². The average Bonchev–Trinajstić information content (AvgIpc) is 2.72. The summed E-state index contributed by atoms with van der Waals surface area (Å²) in [5.41, 5.74) is -4.80. The van der Waals surface area contributed by atoms with Gasteiger partial charge in [-0.2, -0.15) is 18.3 Å². The number of aromatic nitrogens is 2. The number of alkyl halides is 5. The van der Waals surface area contributed by atoms with E-state index in [9.17, 15) is 31.9 Å². The zero-order valence-electron chi connectivity index (χ0n) is 14.8. The van der Waals surface area contributed by atoms with Crippen molar-refractivity contribution in [2.24, 2.45) is 5.41 Å². The van der Waals surface area contributed by atoms with Crippen LogP contribution < -0.4 is 0 Å². The van der Waals surface area contributed by atoms with Gasteiger partial charge < -0.3 is 9.84 Å². The number of carboxylic acids is 1. The predicted octanol–water partition coefficient (Wildman–Crippen LogP) is 3.86. The van der Waals surface area contributed by atoms with Crippen LogP contribution in [0.25, 0.3) is 0 Å². The van der Waals surface area contributed by atoms with E-state index in [1.54, 1.807) is 0 Å². The number of rotatable bonds is 5. The summed E-state index contributed by atoms with van der Waals surface area (Å²) >= 11 is 0. The molecule has 0 saturated heterocycles. The Labute approximate surface area is 151 Å². The lowest BCUT2D eigenvalue weighted by molar-refractivity contribution is -0.235. The molecule has 4 aliphatic carbocycles. The summed E-state index contributed by atoms with van der Waals surface area (Å²) in [5, 5.41) is 13.5. The highest BCUT2D eigenvalue weighted by Gasteiger charge is 2.72. The fraction of sp³-hybridized carbons (Fsp3) is 0.765. The number of methoxy groups -OCH3 is 1. The largest absolute Gasteiger partial charge is 0.477 e. The molecule has 1 aromatic heterocycles. The van der Waals surface area contributed by atoms with Gasteiger partial charge in [0.05, 0.1) is 11.3 Å². The number of nitrogens with zero attached hydrogens (tertiary/aromatic N) is 2. The van der Waals surface area contributed by atoms with E-state index < -0.39 is 58.6 Å². The molecular formula is C17H19F5N2O3. The number of carbonyl (C=O) groups is 1. The number of halogens is 5. The van der Waals surface area contributed by atoms with Crippen molar-refractivity contribution in [2.75, 3.05) is 7.11 Å². The molecular weight excluding hydrogens is 375 g/mol. The monoisotopic (exact) mass is 394 g/mol. The second-order valence-corrected chi connectivity index (χ2v) is 8.75. The van der Waals surface area contributed by atoms with Gasteiger partial charge in [-0.25, -0.2) is 13.6 Å². The van der Waals surface area contributed by atoms with Gasteiger partial charge in [0.2, 0.25) is 5.92 Å². The number of hydrogen-bond acceptors (Lipinski definition) is 3. The van der Waals surface area contributed by atoms with E-state index in [1.807, 2.05) is 0 Å². The fourth-order valence-electron chi connectivity index (χ4n) is 5.27. The van der Waals surface area contributed by atoms with E-state index in [2.05, 4.69) is 5.10 Å². The van der Waals surface area contributed by atoms with Crippen molar-refractivity contribution < 1.29 is 36.6 Å². The summed E-state index contributed by atoms with van der Waals surface area (Å²) in [7, 11) is 1.49. The molecule has 0 spiro atoms. The Bertz CT molecular complexity index is 801. The van der Waals surface area contributed by atoms with Crippen molar-refractivity contribution in [3.63, 3.8) is 0 Å². The van der Waals surface area contributed by atoms with E-state index in [4.69, 9.17) is 4.74 Å². The van der Waals surface area contributed by atoms with Crippen molar-refractivity contribution in [3.05, 3.63) is 17.0 Å². The first-order valence-corrected chi connectivity index (χ1v) is 8.59. The third-order valence-electron chi connectivity index (χ3n) is 6.26. The number of carboxylic acid groups (broad SMARTS) is 1. The van der Waals surface area contributed by atoms with Gasteiger partial charge in [0, 0.05) is 31.9 Å². The molecule has 0 unspecified atom stereocenters. The van der Waals surface area contributed by atoms with Crippen molar-refractivity contribution in [3.8, 4) is 0 Å². The zero-order valence-corrected chi connectivity index (χ0v) is 14.8. The molecule has 0 radical (unpaired) electrons. The summed E-state index contributed by atoms with van der Waals surface area (Å²) in [5.74, 6) is -4.64. The van der Waals surface area contributed by atoms with Crippen LogP contribution >= 0.6 is 0 Å². The third-order valence-corrected chi connectivity index (χ3v) is 6.26. The number of aromatic carboxylic acids is 1. The maximum absolute atomic E-state index is 13.8. The Kier molecular flexibility index (Phi) is 3.46. The first-order valence-electron chi connectivity index (χ1n) is 8.59. The van der Waals surface area contributed by atoms with Crippen LogP contribution in [0.15, 0.2) is 0 Å². The SMILES string of the molecule is COC12CC(c3nn(CC4(C)CC(F)(F)C4)c(C(=O)O)c3C(F)(F)F)(C1)C2. The molecule has 0 amide bonds. The highest BCUT2D eigenvalue weighted by molar-refractivity contribution is 5.88. The first kappa shape index (κ1) is 18.6. The molecule has 0 aromatic carbocycles. The lowest BCUT2D eigenvalue weighted by Gasteiger charge is -2.68. The minimum absolute atomic E-state index is 0.291. The molecule has 150 valence electrons. The molecule has 5 rings (SSSR count). The highest BCUT2D eigenvalue weighted by Crippen LogP contribution is 2.70. The molecule has 27 heavy (non-hydrogen) atoms. The van der Waals surface area contributed by atoms with Crippen molar-refractivity contribution in [1.29, 1.82) is 0 Å². The lowest BCUT2D eigenvalue weighted by atomic mass is 9.39. The maximum atomic E-state index is 13.8. The normalized spacial score (nSPS) is 33.0. The van der Waals surface area contributed by atoms with Gasteiger partial charge in [0.25, 0.3) is 0 Å². The van der Waals surface area contributed by atoms with Crippen LogP contribution in [0.5, 0.6) is 0 Å². The Morgan fingerprint density at radius 1 is 1.22 bits per heavy atom. The molecule has 1 N–H and O–H groups in total. The molecule has 10 heteroatoms. The third kappa shape index (κ3) is 2.59. The number of ether oxygens (including phenoxy) is 1. The minimum Gasteiger partial charge on any atom is -0.477 e. The average molecular weight is 394 g/mol. The summed E-state index contributed by atoms with van der Waals surface area (Å²) in [6, 6.07) is 0. The van der Waals surface area contributed by atoms with E-state index in [0.29, 0.717) is 19.3 Å². The molecule has 5 nitrogen and oxygen atoms in total. The van der Waals surface area contributed by atoms with Crippen LogP contribution in [0.3, 0.4) is 0 Å².